The lowest BCUT2D eigenvalue weighted by molar-refractivity contribution is 0.429. The average molecular weight is 264 g/mol. The van der Waals surface area contributed by atoms with Crippen LogP contribution in [0.5, 0.6) is 0 Å². The summed E-state index contributed by atoms with van der Waals surface area (Å²) in [6, 6.07) is 8.02. The van der Waals surface area contributed by atoms with Crippen molar-refractivity contribution in [3.8, 4) is 11.3 Å². The highest BCUT2D eigenvalue weighted by molar-refractivity contribution is 6.30. The minimum atomic E-state index is 0.403. The highest BCUT2D eigenvalue weighted by Gasteiger charge is 2.13. The fourth-order valence-corrected chi connectivity index (χ4v) is 2.31. The summed E-state index contributed by atoms with van der Waals surface area (Å²) in [6.07, 6.45) is 4.01. The van der Waals surface area contributed by atoms with Gasteiger partial charge in [-0.25, -0.2) is 0 Å². The number of anilines is 1. The normalized spacial score (nSPS) is 11.1. The van der Waals surface area contributed by atoms with E-state index in [-0.39, 0.29) is 0 Å². The van der Waals surface area contributed by atoms with Crippen LogP contribution >= 0.6 is 11.6 Å². The van der Waals surface area contributed by atoms with Gasteiger partial charge in [-0.05, 0) is 25.0 Å². The van der Waals surface area contributed by atoms with E-state index in [1.165, 1.54) is 0 Å². The van der Waals surface area contributed by atoms with Crippen LogP contribution in [0.4, 0.5) is 5.69 Å². The van der Waals surface area contributed by atoms with E-state index in [0.717, 1.165) is 24.1 Å². The molecule has 1 aromatic heterocycles. The summed E-state index contributed by atoms with van der Waals surface area (Å²) in [7, 11) is 0. The number of nitrogen functional groups attached to an aromatic ring is 1. The first kappa shape index (κ1) is 13.0. The molecule has 0 unspecified atom stereocenters. The summed E-state index contributed by atoms with van der Waals surface area (Å²) in [4.78, 5) is 0. The molecule has 1 heterocycles. The van der Waals surface area contributed by atoms with Gasteiger partial charge in [0.15, 0.2) is 0 Å². The Morgan fingerprint density at radius 1 is 1.33 bits per heavy atom. The van der Waals surface area contributed by atoms with Crippen molar-refractivity contribution in [1.29, 1.82) is 0 Å². The molecule has 0 bridgehead atoms. The van der Waals surface area contributed by atoms with Crippen molar-refractivity contribution in [2.45, 2.75) is 32.7 Å². The maximum atomic E-state index is 6.04. The van der Waals surface area contributed by atoms with Crippen LogP contribution < -0.4 is 5.73 Å². The van der Waals surface area contributed by atoms with Gasteiger partial charge < -0.3 is 5.73 Å². The van der Waals surface area contributed by atoms with Crippen molar-refractivity contribution in [3.63, 3.8) is 0 Å². The Balaban J connectivity index is 2.40. The van der Waals surface area contributed by atoms with E-state index >= 15 is 0 Å². The van der Waals surface area contributed by atoms with E-state index in [9.17, 15) is 0 Å². The van der Waals surface area contributed by atoms with E-state index in [0.29, 0.717) is 16.8 Å². The number of nitrogens with two attached hydrogens (primary N) is 1. The molecule has 0 atom stereocenters. The Hall–Kier alpha value is -1.48. The van der Waals surface area contributed by atoms with Crippen molar-refractivity contribution < 1.29 is 0 Å². The zero-order valence-corrected chi connectivity index (χ0v) is 11.5. The first-order chi connectivity index (χ1) is 8.65. The van der Waals surface area contributed by atoms with Crippen molar-refractivity contribution in [2.75, 3.05) is 5.73 Å². The third-order valence-corrected chi connectivity index (χ3v) is 3.41. The van der Waals surface area contributed by atoms with E-state index in [2.05, 4.69) is 18.9 Å². The molecule has 1 aromatic carbocycles. The summed E-state index contributed by atoms with van der Waals surface area (Å²) in [5.41, 5.74) is 8.51. The molecule has 0 spiro atoms. The van der Waals surface area contributed by atoms with Crippen LogP contribution in [0.2, 0.25) is 5.02 Å². The molecule has 0 amide bonds. The number of hydrogen-bond donors (Lipinski definition) is 1. The van der Waals surface area contributed by atoms with Gasteiger partial charge in [0.1, 0.15) is 5.69 Å². The summed E-state index contributed by atoms with van der Waals surface area (Å²) < 4.78 is 1.96. The Bertz CT molecular complexity index is 530. The zero-order valence-electron chi connectivity index (χ0n) is 10.7. The minimum absolute atomic E-state index is 0.403. The molecule has 0 fully saturated rings. The smallest absolute Gasteiger partial charge is 0.115 e. The molecule has 2 N–H and O–H groups in total. The third-order valence-electron chi connectivity index (χ3n) is 3.17. The van der Waals surface area contributed by atoms with Gasteiger partial charge in [-0.1, -0.05) is 37.6 Å². The van der Waals surface area contributed by atoms with E-state index < -0.39 is 0 Å². The molecular formula is C14H18ClN3. The maximum absolute atomic E-state index is 6.04. The van der Waals surface area contributed by atoms with Gasteiger partial charge in [-0.15, -0.1) is 0 Å². The van der Waals surface area contributed by atoms with Gasteiger partial charge in [0.05, 0.1) is 11.7 Å². The number of aromatic nitrogens is 2. The predicted octanol–water partition coefficient (Wildman–Crippen LogP) is 4.15. The second-order valence-corrected chi connectivity index (χ2v) is 4.83. The van der Waals surface area contributed by atoms with Crippen LogP contribution in [-0.4, -0.2) is 9.78 Å². The van der Waals surface area contributed by atoms with Crippen LogP contribution in [0.3, 0.4) is 0 Å². The minimum Gasteiger partial charge on any atom is -0.396 e. The SMILES string of the molecule is CCC(CC)n1cc(N)c(-c2cccc(Cl)c2)n1. The highest BCUT2D eigenvalue weighted by atomic mass is 35.5. The fraction of sp³-hybridized carbons (Fsp3) is 0.357. The summed E-state index contributed by atoms with van der Waals surface area (Å²) >= 11 is 6.00. The Kier molecular flexibility index (Phi) is 3.92. The molecule has 0 saturated carbocycles. The van der Waals surface area contributed by atoms with Crippen molar-refractivity contribution in [1.82, 2.24) is 9.78 Å². The number of nitrogens with zero attached hydrogens (tertiary/aromatic N) is 2. The van der Waals surface area contributed by atoms with E-state index in [1.807, 2.05) is 35.1 Å². The highest BCUT2D eigenvalue weighted by Crippen LogP contribution is 2.28. The summed E-state index contributed by atoms with van der Waals surface area (Å²) in [6.45, 7) is 4.32. The molecule has 4 heteroatoms. The molecule has 3 nitrogen and oxygen atoms in total. The second-order valence-electron chi connectivity index (χ2n) is 4.39. The average Bonchev–Trinajstić information content (AvgIpc) is 2.73. The van der Waals surface area contributed by atoms with Crippen LogP contribution in [0, 0.1) is 0 Å². The fourth-order valence-electron chi connectivity index (χ4n) is 2.12. The van der Waals surface area contributed by atoms with E-state index in [4.69, 9.17) is 17.3 Å². The number of halogens is 1. The molecule has 0 radical (unpaired) electrons. The second kappa shape index (κ2) is 5.44. The monoisotopic (exact) mass is 263 g/mol. The third kappa shape index (κ3) is 2.51. The van der Waals surface area contributed by atoms with Crippen LogP contribution in [0.1, 0.15) is 32.7 Å². The van der Waals surface area contributed by atoms with E-state index in [1.54, 1.807) is 0 Å². The van der Waals surface area contributed by atoms with Gasteiger partial charge in [0.25, 0.3) is 0 Å². The molecule has 2 aromatic rings. The standard InChI is InChI=1S/C14H18ClN3/c1-3-12(4-2)18-9-13(16)14(17-18)10-6-5-7-11(15)8-10/h5-9,12H,3-4,16H2,1-2H3. The van der Waals surface area contributed by atoms with Gasteiger partial charge >= 0.3 is 0 Å². The number of rotatable bonds is 4. The molecule has 0 saturated heterocycles. The summed E-state index contributed by atoms with van der Waals surface area (Å²) in [5.74, 6) is 0. The number of hydrogen-bond acceptors (Lipinski definition) is 2. The lowest BCUT2D eigenvalue weighted by Gasteiger charge is -2.12. The molecule has 0 aliphatic heterocycles. The lowest BCUT2D eigenvalue weighted by Crippen LogP contribution is -2.07. The van der Waals surface area contributed by atoms with Gasteiger partial charge in [-0.2, -0.15) is 5.10 Å². The van der Waals surface area contributed by atoms with Gasteiger partial charge in [-0.3, -0.25) is 4.68 Å². The molecule has 18 heavy (non-hydrogen) atoms. The Labute approximate surface area is 113 Å². The molecule has 0 aliphatic carbocycles. The molecular weight excluding hydrogens is 246 g/mol. The largest absolute Gasteiger partial charge is 0.396 e. The van der Waals surface area contributed by atoms with Crippen molar-refractivity contribution in [2.24, 2.45) is 0 Å². The Morgan fingerprint density at radius 3 is 2.67 bits per heavy atom. The first-order valence-electron chi connectivity index (χ1n) is 6.26. The quantitative estimate of drug-likeness (QED) is 0.901. The van der Waals surface area contributed by atoms with Crippen molar-refractivity contribution in [3.05, 3.63) is 35.5 Å². The van der Waals surface area contributed by atoms with Crippen LogP contribution in [-0.2, 0) is 0 Å². The summed E-state index contributed by atoms with van der Waals surface area (Å²) in [5, 5.41) is 5.29. The molecule has 2 rings (SSSR count). The predicted molar refractivity (Wildman–Crippen MR) is 76.7 cm³/mol. The maximum Gasteiger partial charge on any atom is 0.115 e. The molecule has 96 valence electrons. The zero-order chi connectivity index (χ0) is 13.1. The Morgan fingerprint density at radius 2 is 2.06 bits per heavy atom. The first-order valence-corrected chi connectivity index (χ1v) is 6.64. The van der Waals surface area contributed by atoms with Crippen LogP contribution in [0.25, 0.3) is 11.3 Å². The number of benzene rings is 1. The molecule has 0 aliphatic rings. The topological polar surface area (TPSA) is 43.8 Å². The van der Waals surface area contributed by atoms with Gasteiger partial charge in [0.2, 0.25) is 0 Å². The van der Waals surface area contributed by atoms with Crippen molar-refractivity contribution >= 4 is 17.3 Å². The van der Waals surface area contributed by atoms with Crippen LogP contribution in [0.15, 0.2) is 30.5 Å². The van der Waals surface area contributed by atoms with Gasteiger partial charge in [0, 0.05) is 16.8 Å². The lowest BCUT2D eigenvalue weighted by atomic mass is 10.1.